The lowest BCUT2D eigenvalue weighted by Gasteiger charge is -2.21. The largest absolute Gasteiger partial charge is 0.330 e. The fraction of sp³-hybridized carbons (Fsp3) is 0.538. The van der Waals surface area contributed by atoms with Gasteiger partial charge in [0.05, 0.1) is 0 Å². The summed E-state index contributed by atoms with van der Waals surface area (Å²) in [4.78, 5) is 0. The molecule has 90 valence electrons. The van der Waals surface area contributed by atoms with E-state index in [-0.39, 0.29) is 5.82 Å². The van der Waals surface area contributed by atoms with Crippen LogP contribution in [-0.2, 0) is 6.42 Å². The normalized spacial score (nSPS) is 13.1. The minimum absolute atomic E-state index is 0.148. The fourth-order valence-corrected chi connectivity index (χ4v) is 1.93. The number of nitrogens with two attached hydrogens (primary N) is 2. The summed E-state index contributed by atoms with van der Waals surface area (Å²) in [5, 5.41) is 0. The van der Waals surface area contributed by atoms with Crippen LogP contribution < -0.4 is 11.5 Å². The molecule has 16 heavy (non-hydrogen) atoms. The van der Waals surface area contributed by atoms with E-state index in [1.165, 1.54) is 6.07 Å². The summed E-state index contributed by atoms with van der Waals surface area (Å²) in [6.45, 7) is 5.14. The van der Waals surface area contributed by atoms with E-state index < -0.39 is 0 Å². The molecule has 1 atom stereocenters. The molecule has 0 spiro atoms. The smallest absolute Gasteiger partial charge is 0.126 e. The van der Waals surface area contributed by atoms with Crippen LogP contribution in [0.3, 0.4) is 0 Å². The van der Waals surface area contributed by atoms with Crippen molar-refractivity contribution in [1.29, 1.82) is 0 Å². The molecule has 1 aromatic rings. The summed E-state index contributed by atoms with van der Waals surface area (Å²) in [5.41, 5.74) is 13.2. The Hall–Kier alpha value is -0.930. The van der Waals surface area contributed by atoms with E-state index in [9.17, 15) is 4.39 Å². The molecule has 1 unspecified atom stereocenters. The Bertz CT molecular complexity index is 335. The van der Waals surface area contributed by atoms with Gasteiger partial charge in [0, 0.05) is 0 Å². The van der Waals surface area contributed by atoms with Crippen LogP contribution in [0.1, 0.15) is 18.1 Å². The highest BCUT2D eigenvalue weighted by molar-refractivity contribution is 5.24. The SMILES string of the molecule is Cc1cc(CC(C)C(CN)CN)ccc1F. The first kappa shape index (κ1) is 13.1. The molecule has 0 heterocycles. The van der Waals surface area contributed by atoms with Gasteiger partial charge in [0.2, 0.25) is 0 Å². The molecule has 1 rings (SSSR count). The maximum Gasteiger partial charge on any atom is 0.126 e. The third kappa shape index (κ3) is 3.29. The predicted octanol–water partition coefficient (Wildman–Crippen LogP) is 1.85. The lowest BCUT2D eigenvalue weighted by atomic mass is 9.88. The van der Waals surface area contributed by atoms with Crippen LogP contribution in [0.25, 0.3) is 0 Å². The summed E-state index contributed by atoms with van der Waals surface area (Å²) >= 11 is 0. The fourth-order valence-electron chi connectivity index (χ4n) is 1.93. The molecule has 2 nitrogen and oxygen atoms in total. The van der Waals surface area contributed by atoms with E-state index in [0.717, 1.165) is 12.0 Å². The van der Waals surface area contributed by atoms with Gasteiger partial charge >= 0.3 is 0 Å². The van der Waals surface area contributed by atoms with Gasteiger partial charge in [-0.3, -0.25) is 0 Å². The van der Waals surface area contributed by atoms with Crippen molar-refractivity contribution >= 4 is 0 Å². The van der Waals surface area contributed by atoms with Crippen LogP contribution in [0.4, 0.5) is 4.39 Å². The Balaban J connectivity index is 2.69. The van der Waals surface area contributed by atoms with Gasteiger partial charge in [-0.25, -0.2) is 4.39 Å². The summed E-state index contributed by atoms with van der Waals surface area (Å²) in [6.07, 6.45) is 0.903. The average Bonchev–Trinajstić information content (AvgIpc) is 2.25. The maximum atomic E-state index is 13.1. The molecule has 1 aromatic carbocycles. The standard InChI is InChI=1S/C13H21FN2/c1-9(12(7-15)8-16)5-11-3-4-13(14)10(2)6-11/h3-4,6,9,12H,5,7-8,15-16H2,1-2H3. The highest BCUT2D eigenvalue weighted by Gasteiger charge is 2.14. The summed E-state index contributed by atoms with van der Waals surface area (Å²) in [7, 11) is 0. The third-order valence-electron chi connectivity index (χ3n) is 3.19. The van der Waals surface area contributed by atoms with Crippen LogP contribution in [0.2, 0.25) is 0 Å². The lowest BCUT2D eigenvalue weighted by molar-refractivity contribution is 0.372. The quantitative estimate of drug-likeness (QED) is 0.802. The molecule has 4 N–H and O–H groups in total. The zero-order chi connectivity index (χ0) is 12.1. The molecule has 0 radical (unpaired) electrons. The van der Waals surface area contributed by atoms with Crippen molar-refractivity contribution in [2.75, 3.05) is 13.1 Å². The second-order valence-electron chi connectivity index (χ2n) is 4.50. The molecule has 0 amide bonds. The van der Waals surface area contributed by atoms with E-state index >= 15 is 0 Å². The van der Waals surface area contributed by atoms with Gasteiger partial charge < -0.3 is 11.5 Å². The second-order valence-corrected chi connectivity index (χ2v) is 4.50. The van der Waals surface area contributed by atoms with E-state index in [1.807, 2.05) is 12.1 Å². The number of halogens is 1. The van der Waals surface area contributed by atoms with Crippen LogP contribution in [0.15, 0.2) is 18.2 Å². The van der Waals surface area contributed by atoms with Gasteiger partial charge in [0.1, 0.15) is 5.82 Å². The highest BCUT2D eigenvalue weighted by atomic mass is 19.1. The molecule has 0 aliphatic rings. The Kier molecular flexibility index (Phi) is 4.90. The van der Waals surface area contributed by atoms with Crippen LogP contribution >= 0.6 is 0 Å². The molecule has 0 fully saturated rings. The number of benzene rings is 1. The molecule has 0 saturated carbocycles. The van der Waals surface area contributed by atoms with Gasteiger partial charge in [0.25, 0.3) is 0 Å². The third-order valence-corrected chi connectivity index (χ3v) is 3.19. The second kappa shape index (κ2) is 5.97. The van der Waals surface area contributed by atoms with E-state index in [2.05, 4.69) is 6.92 Å². The van der Waals surface area contributed by atoms with Crippen LogP contribution in [0.5, 0.6) is 0 Å². The summed E-state index contributed by atoms with van der Waals surface area (Å²) in [5.74, 6) is 0.621. The monoisotopic (exact) mass is 224 g/mol. The zero-order valence-corrected chi connectivity index (χ0v) is 10.0. The Morgan fingerprint density at radius 2 is 1.88 bits per heavy atom. The minimum atomic E-state index is -0.148. The molecule has 0 bridgehead atoms. The molecule has 0 aliphatic heterocycles. The van der Waals surface area contributed by atoms with Crippen molar-refractivity contribution in [3.63, 3.8) is 0 Å². The number of hydrogen-bond donors (Lipinski definition) is 2. The van der Waals surface area contributed by atoms with Crippen molar-refractivity contribution in [1.82, 2.24) is 0 Å². The molecule has 0 saturated heterocycles. The van der Waals surface area contributed by atoms with E-state index in [1.54, 1.807) is 6.92 Å². The van der Waals surface area contributed by atoms with Crippen molar-refractivity contribution in [2.24, 2.45) is 23.3 Å². The molecular weight excluding hydrogens is 203 g/mol. The van der Waals surface area contributed by atoms with Crippen LogP contribution in [0, 0.1) is 24.6 Å². The predicted molar refractivity (Wildman–Crippen MR) is 65.6 cm³/mol. The Morgan fingerprint density at radius 1 is 1.25 bits per heavy atom. The summed E-state index contributed by atoms with van der Waals surface area (Å²) < 4.78 is 13.1. The zero-order valence-electron chi connectivity index (χ0n) is 10.0. The van der Waals surface area contributed by atoms with Gasteiger partial charge in [-0.1, -0.05) is 19.1 Å². The first-order valence-corrected chi connectivity index (χ1v) is 5.73. The Labute approximate surface area is 96.8 Å². The van der Waals surface area contributed by atoms with Gasteiger partial charge in [0.15, 0.2) is 0 Å². The van der Waals surface area contributed by atoms with Gasteiger partial charge in [-0.2, -0.15) is 0 Å². The topological polar surface area (TPSA) is 52.0 Å². The molecule has 0 aromatic heterocycles. The highest BCUT2D eigenvalue weighted by Crippen LogP contribution is 2.18. The van der Waals surface area contributed by atoms with Crippen molar-refractivity contribution < 1.29 is 4.39 Å². The lowest BCUT2D eigenvalue weighted by Crippen LogP contribution is -2.30. The van der Waals surface area contributed by atoms with E-state index in [4.69, 9.17) is 11.5 Å². The maximum absolute atomic E-state index is 13.1. The molecule has 3 heteroatoms. The van der Waals surface area contributed by atoms with Crippen molar-refractivity contribution in [3.05, 3.63) is 35.1 Å². The summed E-state index contributed by atoms with van der Waals surface area (Å²) in [6, 6.07) is 5.26. The molecular formula is C13H21FN2. The first-order chi connectivity index (χ1) is 7.58. The number of rotatable bonds is 5. The molecule has 0 aliphatic carbocycles. The van der Waals surface area contributed by atoms with Crippen LogP contribution in [-0.4, -0.2) is 13.1 Å². The van der Waals surface area contributed by atoms with E-state index in [0.29, 0.717) is 30.5 Å². The number of hydrogen-bond acceptors (Lipinski definition) is 2. The first-order valence-electron chi connectivity index (χ1n) is 5.73. The van der Waals surface area contributed by atoms with Gasteiger partial charge in [-0.15, -0.1) is 0 Å². The number of aryl methyl sites for hydroxylation is 1. The van der Waals surface area contributed by atoms with Gasteiger partial charge in [-0.05, 0) is 55.5 Å². The van der Waals surface area contributed by atoms with Crippen molar-refractivity contribution in [2.45, 2.75) is 20.3 Å². The minimum Gasteiger partial charge on any atom is -0.330 e. The van der Waals surface area contributed by atoms with Crippen molar-refractivity contribution in [3.8, 4) is 0 Å². The Morgan fingerprint density at radius 3 is 2.38 bits per heavy atom. The average molecular weight is 224 g/mol.